The summed E-state index contributed by atoms with van der Waals surface area (Å²) in [6.07, 6.45) is 5.56. The number of hydrogen-bond donors (Lipinski definition) is 1. The summed E-state index contributed by atoms with van der Waals surface area (Å²) in [5, 5.41) is 4.30. The van der Waals surface area contributed by atoms with Crippen molar-refractivity contribution in [3.05, 3.63) is 41.4 Å². The maximum absolute atomic E-state index is 4.53. The Bertz CT molecular complexity index is 647. The van der Waals surface area contributed by atoms with Crippen LogP contribution in [0, 0.1) is 0 Å². The number of halogens is 1. The van der Waals surface area contributed by atoms with Crippen molar-refractivity contribution < 1.29 is 0 Å². The van der Waals surface area contributed by atoms with E-state index in [0.29, 0.717) is 0 Å². The molecule has 0 atom stereocenters. The number of benzene rings is 1. The second kappa shape index (κ2) is 5.07. The molecule has 3 rings (SSSR count). The van der Waals surface area contributed by atoms with Gasteiger partial charge in [0, 0.05) is 30.0 Å². The summed E-state index contributed by atoms with van der Waals surface area (Å²) in [5.41, 5.74) is 1.04. The molecule has 4 nitrogen and oxygen atoms in total. The lowest BCUT2D eigenvalue weighted by molar-refractivity contribution is 0.726. The van der Waals surface area contributed by atoms with Gasteiger partial charge in [0.05, 0.1) is 16.5 Å². The Balaban J connectivity index is 1.67. The number of aromatic nitrogens is 3. The quantitative estimate of drug-likeness (QED) is 0.800. The number of thiazole rings is 1. The van der Waals surface area contributed by atoms with E-state index >= 15 is 0 Å². The highest BCUT2D eigenvalue weighted by atomic mass is 79.9. The van der Waals surface area contributed by atoms with Crippen molar-refractivity contribution in [3.8, 4) is 0 Å². The number of nitrogens with one attached hydrogen (secondary N) is 1. The van der Waals surface area contributed by atoms with Crippen molar-refractivity contribution in [3.63, 3.8) is 0 Å². The van der Waals surface area contributed by atoms with Crippen LogP contribution in [0.1, 0.15) is 0 Å². The van der Waals surface area contributed by atoms with E-state index in [1.54, 1.807) is 17.5 Å². The third kappa shape index (κ3) is 2.54. The second-order valence-electron chi connectivity index (χ2n) is 3.86. The zero-order valence-corrected chi connectivity index (χ0v) is 11.9. The first kappa shape index (κ1) is 11.7. The minimum Gasteiger partial charge on any atom is -0.360 e. The smallest absolute Gasteiger partial charge is 0.183 e. The molecule has 1 N–H and O–H groups in total. The molecule has 0 bridgehead atoms. The van der Waals surface area contributed by atoms with Crippen LogP contribution in [0.5, 0.6) is 0 Å². The van der Waals surface area contributed by atoms with Gasteiger partial charge in [0.2, 0.25) is 0 Å². The molecule has 2 aromatic heterocycles. The molecule has 3 aromatic rings. The normalized spacial score (nSPS) is 10.9. The van der Waals surface area contributed by atoms with Crippen molar-refractivity contribution in [1.82, 2.24) is 14.5 Å². The zero-order valence-electron chi connectivity index (χ0n) is 9.51. The Morgan fingerprint density at radius 3 is 3.17 bits per heavy atom. The Morgan fingerprint density at radius 1 is 1.39 bits per heavy atom. The van der Waals surface area contributed by atoms with E-state index in [2.05, 4.69) is 37.3 Å². The van der Waals surface area contributed by atoms with Gasteiger partial charge in [-0.15, -0.1) is 0 Å². The molecule has 0 aliphatic rings. The van der Waals surface area contributed by atoms with E-state index in [1.165, 1.54) is 4.70 Å². The Morgan fingerprint density at radius 2 is 2.33 bits per heavy atom. The van der Waals surface area contributed by atoms with E-state index in [-0.39, 0.29) is 0 Å². The molecule has 0 aliphatic heterocycles. The molecule has 6 heteroatoms. The average Bonchev–Trinajstić information content (AvgIpc) is 2.97. The van der Waals surface area contributed by atoms with Gasteiger partial charge >= 0.3 is 0 Å². The van der Waals surface area contributed by atoms with Gasteiger partial charge in [-0.3, -0.25) is 0 Å². The number of fused-ring (bicyclic) bond motifs is 1. The highest BCUT2D eigenvalue weighted by molar-refractivity contribution is 9.10. The predicted octanol–water partition coefficient (Wildman–Crippen LogP) is 3.37. The van der Waals surface area contributed by atoms with Crippen LogP contribution in [0.3, 0.4) is 0 Å². The summed E-state index contributed by atoms with van der Waals surface area (Å²) in [5.74, 6) is 0. The summed E-state index contributed by atoms with van der Waals surface area (Å²) in [6, 6.07) is 6.13. The standard InChI is InChI=1S/C12H11BrN4S/c13-9-1-2-10-11(7-9)18-12(16-10)15-4-6-17-5-3-14-8-17/h1-3,5,7-8H,4,6H2,(H,15,16). The minimum atomic E-state index is 0.845. The molecule has 1 aromatic carbocycles. The number of imidazole rings is 1. The molecule has 0 fully saturated rings. The van der Waals surface area contributed by atoms with Crippen LogP contribution in [0.25, 0.3) is 10.2 Å². The highest BCUT2D eigenvalue weighted by Gasteiger charge is 2.03. The molecule has 0 spiro atoms. The second-order valence-corrected chi connectivity index (χ2v) is 5.80. The lowest BCUT2D eigenvalue weighted by Gasteiger charge is -2.02. The van der Waals surface area contributed by atoms with Gasteiger partial charge in [-0.05, 0) is 18.2 Å². The first-order chi connectivity index (χ1) is 8.81. The van der Waals surface area contributed by atoms with Gasteiger partial charge in [0.25, 0.3) is 0 Å². The fraction of sp³-hybridized carbons (Fsp3) is 0.167. The van der Waals surface area contributed by atoms with E-state index < -0.39 is 0 Å². The average molecular weight is 323 g/mol. The SMILES string of the molecule is Brc1ccc2nc(NCCn3ccnc3)sc2c1. The van der Waals surface area contributed by atoms with E-state index in [1.807, 2.05) is 29.2 Å². The van der Waals surface area contributed by atoms with Crippen LogP contribution in [0.15, 0.2) is 41.4 Å². The fourth-order valence-electron chi connectivity index (χ4n) is 1.69. The molecule has 0 saturated heterocycles. The fourth-order valence-corrected chi connectivity index (χ4v) is 3.13. The van der Waals surface area contributed by atoms with Crippen molar-refractivity contribution >= 4 is 42.6 Å². The molecule has 2 heterocycles. The Hall–Kier alpha value is -1.40. The van der Waals surface area contributed by atoms with Crippen molar-refractivity contribution in [2.45, 2.75) is 6.54 Å². The van der Waals surface area contributed by atoms with Gasteiger partial charge in [0.15, 0.2) is 5.13 Å². The zero-order chi connectivity index (χ0) is 12.4. The molecule has 18 heavy (non-hydrogen) atoms. The number of rotatable bonds is 4. The molecule has 0 aliphatic carbocycles. The summed E-state index contributed by atoms with van der Waals surface area (Å²) >= 11 is 5.14. The molecule has 0 radical (unpaired) electrons. The van der Waals surface area contributed by atoms with Crippen LogP contribution in [0.4, 0.5) is 5.13 Å². The monoisotopic (exact) mass is 322 g/mol. The molecular formula is C12H11BrN4S. The Kier molecular flexibility index (Phi) is 3.29. The predicted molar refractivity (Wildman–Crippen MR) is 78.0 cm³/mol. The van der Waals surface area contributed by atoms with Crippen molar-refractivity contribution in [2.24, 2.45) is 0 Å². The minimum absolute atomic E-state index is 0.845. The molecule has 0 unspecified atom stereocenters. The number of anilines is 1. The van der Waals surface area contributed by atoms with Gasteiger partial charge in [-0.25, -0.2) is 9.97 Å². The lowest BCUT2D eigenvalue weighted by atomic mass is 10.3. The largest absolute Gasteiger partial charge is 0.360 e. The van der Waals surface area contributed by atoms with Gasteiger partial charge in [-0.1, -0.05) is 27.3 Å². The van der Waals surface area contributed by atoms with Crippen molar-refractivity contribution in [2.75, 3.05) is 11.9 Å². The van der Waals surface area contributed by atoms with Crippen LogP contribution in [0.2, 0.25) is 0 Å². The van der Waals surface area contributed by atoms with Crippen molar-refractivity contribution in [1.29, 1.82) is 0 Å². The molecule has 0 saturated carbocycles. The summed E-state index contributed by atoms with van der Waals surface area (Å²) in [6.45, 7) is 1.73. The number of hydrogen-bond acceptors (Lipinski definition) is 4. The number of nitrogens with zero attached hydrogens (tertiary/aromatic N) is 3. The molecular weight excluding hydrogens is 312 g/mol. The van der Waals surface area contributed by atoms with Crippen LogP contribution < -0.4 is 5.32 Å². The Labute approximate surface area is 117 Å². The van der Waals surface area contributed by atoms with Gasteiger partial charge in [0.1, 0.15) is 0 Å². The van der Waals surface area contributed by atoms with Crippen LogP contribution in [-0.2, 0) is 6.54 Å². The first-order valence-electron chi connectivity index (χ1n) is 5.57. The van der Waals surface area contributed by atoms with E-state index in [0.717, 1.165) is 28.2 Å². The van der Waals surface area contributed by atoms with Gasteiger partial charge < -0.3 is 9.88 Å². The lowest BCUT2D eigenvalue weighted by Crippen LogP contribution is -2.08. The molecule has 92 valence electrons. The third-order valence-electron chi connectivity index (χ3n) is 2.56. The van der Waals surface area contributed by atoms with E-state index in [9.17, 15) is 0 Å². The summed E-state index contributed by atoms with van der Waals surface area (Å²) in [7, 11) is 0. The maximum Gasteiger partial charge on any atom is 0.183 e. The molecule has 0 amide bonds. The highest BCUT2D eigenvalue weighted by Crippen LogP contribution is 2.28. The maximum atomic E-state index is 4.53. The topological polar surface area (TPSA) is 42.7 Å². The first-order valence-corrected chi connectivity index (χ1v) is 7.18. The van der Waals surface area contributed by atoms with E-state index in [4.69, 9.17) is 0 Å². The summed E-state index contributed by atoms with van der Waals surface area (Å²) in [4.78, 5) is 8.54. The third-order valence-corrected chi connectivity index (χ3v) is 4.03. The van der Waals surface area contributed by atoms with Crippen LogP contribution in [-0.4, -0.2) is 21.1 Å². The van der Waals surface area contributed by atoms with Crippen LogP contribution >= 0.6 is 27.3 Å². The van der Waals surface area contributed by atoms with Gasteiger partial charge in [-0.2, -0.15) is 0 Å². The summed E-state index contributed by atoms with van der Waals surface area (Å²) < 4.78 is 4.31.